The molecule has 3 nitrogen and oxygen atoms in total. The lowest BCUT2D eigenvalue weighted by atomic mass is 10.1. The molecular formula is C19H21Cl2NO2. The Bertz CT molecular complexity index is 655. The van der Waals surface area contributed by atoms with Crippen LogP contribution in [0.1, 0.15) is 12.0 Å². The van der Waals surface area contributed by atoms with Crippen LogP contribution in [0.2, 0.25) is 10.0 Å². The highest BCUT2D eigenvalue weighted by Crippen LogP contribution is 2.31. The molecule has 2 aromatic rings. The van der Waals surface area contributed by atoms with Crippen molar-refractivity contribution >= 4 is 23.2 Å². The predicted octanol–water partition coefficient (Wildman–Crippen LogP) is 5.05. The molecule has 0 aromatic heterocycles. The van der Waals surface area contributed by atoms with Gasteiger partial charge in [0, 0.05) is 18.1 Å². The Morgan fingerprint density at radius 2 is 1.75 bits per heavy atom. The van der Waals surface area contributed by atoms with Crippen LogP contribution in [0.15, 0.2) is 42.5 Å². The maximum atomic E-state index is 6.13. The second-order valence-corrected chi connectivity index (χ2v) is 6.72. The van der Waals surface area contributed by atoms with Crippen molar-refractivity contribution < 1.29 is 9.47 Å². The first-order valence-electron chi connectivity index (χ1n) is 8.23. The van der Waals surface area contributed by atoms with Gasteiger partial charge >= 0.3 is 0 Å². The van der Waals surface area contributed by atoms with Crippen molar-refractivity contribution in [2.45, 2.75) is 12.8 Å². The summed E-state index contributed by atoms with van der Waals surface area (Å²) in [5.41, 5.74) is 1.32. The van der Waals surface area contributed by atoms with E-state index in [-0.39, 0.29) is 0 Å². The second-order valence-electron chi connectivity index (χ2n) is 5.88. The number of benzene rings is 2. The van der Waals surface area contributed by atoms with E-state index in [0.29, 0.717) is 15.8 Å². The third kappa shape index (κ3) is 5.12. The first kappa shape index (κ1) is 17.6. The average Bonchev–Trinajstić information content (AvgIpc) is 2.60. The largest absolute Gasteiger partial charge is 0.456 e. The smallest absolute Gasteiger partial charge is 0.146 e. The lowest BCUT2D eigenvalue weighted by molar-refractivity contribution is 0.0374. The molecule has 1 aliphatic rings. The van der Waals surface area contributed by atoms with Gasteiger partial charge in [-0.05, 0) is 55.3 Å². The molecular weight excluding hydrogens is 345 g/mol. The van der Waals surface area contributed by atoms with Crippen molar-refractivity contribution in [3.8, 4) is 11.5 Å². The zero-order valence-electron chi connectivity index (χ0n) is 13.5. The van der Waals surface area contributed by atoms with Gasteiger partial charge in [0.25, 0.3) is 0 Å². The van der Waals surface area contributed by atoms with Gasteiger partial charge < -0.3 is 9.47 Å². The van der Waals surface area contributed by atoms with E-state index in [2.05, 4.69) is 17.0 Å². The third-order valence-electron chi connectivity index (χ3n) is 4.09. The summed E-state index contributed by atoms with van der Waals surface area (Å²) in [4.78, 5) is 2.46. The summed E-state index contributed by atoms with van der Waals surface area (Å²) in [7, 11) is 0. The minimum atomic E-state index is 0.511. The number of hydrogen-bond acceptors (Lipinski definition) is 3. The van der Waals surface area contributed by atoms with Crippen LogP contribution >= 0.6 is 23.2 Å². The molecule has 1 saturated heterocycles. The molecule has 1 heterocycles. The Labute approximate surface area is 153 Å². The summed E-state index contributed by atoms with van der Waals surface area (Å²) in [5, 5.41) is 1.11. The number of rotatable bonds is 6. The molecule has 0 atom stereocenters. The van der Waals surface area contributed by atoms with Crippen LogP contribution in [-0.4, -0.2) is 37.7 Å². The van der Waals surface area contributed by atoms with Crippen molar-refractivity contribution in [1.82, 2.24) is 4.90 Å². The maximum Gasteiger partial charge on any atom is 0.146 e. The lowest BCUT2D eigenvalue weighted by Crippen LogP contribution is -2.36. The Morgan fingerprint density at radius 3 is 2.46 bits per heavy atom. The Balaban J connectivity index is 1.49. The van der Waals surface area contributed by atoms with Crippen LogP contribution < -0.4 is 4.74 Å². The van der Waals surface area contributed by atoms with Crippen molar-refractivity contribution in [2.24, 2.45) is 0 Å². The van der Waals surface area contributed by atoms with Crippen LogP contribution in [0, 0.1) is 0 Å². The van der Waals surface area contributed by atoms with Crippen LogP contribution in [-0.2, 0) is 11.2 Å². The normalized spacial score (nSPS) is 15.4. The summed E-state index contributed by atoms with van der Waals surface area (Å²) in [6.45, 7) is 4.95. The van der Waals surface area contributed by atoms with Crippen LogP contribution in [0.25, 0.3) is 0 Å². The van der Waals surface area contributed by atoms with Crippen molar-refractivity contribution in [2.75, 3.05) is 32.8 Å². The topological polar surface area (TPSA) is 21.7 Å². The highest BCUT2D eigenvalue weighted by atomic mass is 35.5. The van der Waals surface area contributed by atoms with Crippen molar-refractivity contribution in [3.05, 3.63) is 58.1 Å². The summed E-state index contributed by atoms with van der Waals surface area (Å²) in [6.07, 6.45) is 2.22. The molecule has 2 aromatic carbocycles. The molecule has 0 spiro atoms. The molecule has 0 unspecified atom stereocenters. The molecule has 0 radical (unpaired) electrons. The zero-order chi connectivity index (χ0) is 16.8. The van der Waals surface area contributed by atoms with E-state index >= 15 is 0 Å². The first-order valence-corrected chi connectivity index (χ1v) is 8.98. The van der Waals surface area contributed by atoms with Gasteiger partial charge in [0.2, 0.25) is 0 Å². The van der Waals surface area contributed by atoms with Gasteiger partial charge in [-0.25, -0.2) is 0 Å². The molecule has 1 aliphatic heterocycles. The number of nitrogens with zero attached hydrogens (tertiary/aromatic N) is 1. The minimum Gasteiger partial charge on any atom is -0.456 e. The predicted molar refractivity (Wildman–Crippen MR) is 98.6 cm³/mol. The first-order chi connectivity index (χ1) is 11.7. The molecule has 0 amide bonds. The van der Waals surface area contributed by atoms with Crippen molar-refractivity contribution in [3.63, 3.8) is 0 Å². The van der Waals surface area contributed by atoms with E-state index in [0.717, 1.165) is 51.4 Å². The minimum absolute atomic E-state index is 0.511. The van der Waals surface area contributed by atoms with E-state index < -0.39 is 0 Å². The van der Waals surface area contributed by atoms with Gasteiger partial charge in [0.1, 0.15) is 11.5 Å². The van der Waals surface area contributed by atoms with E-state index in [1.54, 1.807) is 18.2 Å². The summed E-state index contributed by atoms with van der Waals surface area (Å²) >= 11 is 12.0. The molecule has 5 heteroatoms. The fourth-order valence-electron chi connectivity index (χ4n) is 2.74. The van der Waals surface area contributed by atoms with Crippen LogP contribution in [0.5, 0.6) is 11.5 Å². The molecule has 0 bridgehead atoms. The highest BCUT2D eigenvalue weighted by molar-refractivity contribution is 6.35. The fourth-order valence-corrected chi connectivity index (χ4v) is 3.19. The highest BCUT2D eigenvalue weighted by Gasteiger charge is 2.09. The summed E-state index contributed by atoms with van der Waals surface area (Å²) in [6, 6.07) is 13.4. The number of halogens is 2. The molecule has 128 valence electrons. The summed E-state index contributed by atoms with van der Waals surface area (Å²) < 4.78 is 11.2. The molecule has 24 heavy (non-hydrogen) atoms. The van der Waals surface area contributed by atoms with Crippen molar-refractivity contribution in [1.29, 1.82) is 0 Å². The third-order valence-corrected chi connectivity index (χ3v) is 4.62. The number of aryl methyl sites for hydroxylation is 1. The van der Waals surface area contributed by atoms with E-state index in [1.165, 1.54) is 5.56 Å². The lowest BCUT2D eigenvalue weighted by Gasteiger charge is -2.26. The fraction of sp³-hybridized carbons (Fsp3) is 0.368. The van der Waals surface area contributed by atoms with Gasteiger partial charge in [0.15, 0.2) is 0 Å². The Hall–Kier alpha value is -1.26. The maximum absolute atomic E-state index is 6.13. The summed E-state index contributed by atoms with van der Waals surface area (Å²) in [5.74, 6) is 1.39. The monoisotopic (exact) mass is 365 g/mol. The molecule has 0 saturated carbocycles. The quantitative estimate of drug-likeness (QED) is 0.714. The van der Waals surface area contributed by atoms with Gasteiger partial charge in [-0.3, -0.25) is 4.90 Å². The van der Waals surface area contributed by atoms with E-state index in [9.17, 15) is 0 Å². The second kappa shape index (κ2) is 8.72. The van der Waals surface area contributed by atoms with Gasteiger partial charge in [-0.15, -0.1) is 0 Å². The average molecular weight is 366 g/mol. The Morgan fingerprint density at radius 1 is 1.00 bits per heavy atom. The Kier molecular flexibility index (Phi) is 6.38. The van der Waals surface area contributed by atoms with E-state index in [1.807, 2.05) is 12.1 Å². The number of ether oxygens (including phenoxy) is 2. The molecule has 1 fully saturated rings. The SMILES string of the molecule is Clc1ccc(Oc2ccc(CCCN3CCOCC3)cc2)c(Cl)c1. The number of hydrogen-bond donors (Lipinski definition) is 0. The van der Waals surface area contributed by atoms with Crippen LogP contribution in [0.3, 0.4) is 0 Å². The van der Waals surface area contributed by atoms with Crippen LogP contribution in [0.4, 0.5) is 0 Å². The number of morpholine rings is 1. The molecule has 0 aliphatic carbocycles. The molecule has 0 N–H and O–H groups in total. The zero-order valence-corrected chi connectivity index (χ0v) is 15.0. The van der Waals surface area contributed by atoms with Gasteiger partial charge in [-0.2, -0.15) is 0 Å². The van der Waals surface area contributed by atoms with Gasteiger partial charge in [0.05, 0.1) is 18.2 Å². The van der Waals surface area contributed by atoms with E-state index in [4.69, 9.17) is 32.7 Å². The standard InChI is InChI=1S/C19H21Cl2NO2/c20-16-5-8-19(18(21)14-16)24-17-6-3-15(4-7-17)2-1-9-22-10-12-23-13-11-22/h3-8,14H,1-2,9-13H2. The molecule has 3 rings (SSSR count). The van der Waals surface area contributed by atoms with Gasteiger partial charge in [-0.1, -0.05) is 35.3 Å².